The van der Waals surface area contributed by atoms with Crippen molar-refractivity contribution in [2.24, 2.45) is 12.8 Å². The van der Waals surface area contributed by atoms with Gasteiger partial charge in [0.2, 0.25) is 0 Å². The topological polar surface area (TPSA) is 116 Å². The summed E-state index contributed by atoms with van der Waals surface area (Å²) in [7, 11) is 0.984. The number of nitrogens with one attached hydrogen (secondary N) is 1. The predicted molar refractivity (Wildman–Crippen MR) is 99.3 cm³/mol. The van der Waals surface area contributed by atoms with Crippen LogP contribution in [0.1, 0.15) is 55.6 Å². The SMILES string of the molecule is Cc1c(C(N)=O)sc(NC(=O)c2nn(C)c(C(F)(F)F)c2Cl)c1C(=O)OC(C)C. The number of nitrogens with zero attached hydrogens (tertiary/aromatic N) is 2. The van der Waals surface area contributed by atoms with Crippen LogP contribution < -0.4 is 11.1 Å². The fourth-order valence-corrected chi connectivity index (χ4v) is 3.86. The Labute approximate surface area is 171 Å². The molecule has 0 spiro atoms. The zero-order valence-corrected chi connectivity index (χ0v) is 17.2. The van der Waals surface area contributed by atoms with Crippen molar-refractivity contribution in [3.63, 3.8) is 0 Å². The van der Waals surface area contributed by atoms with Crippen molar-refractivity contribution in [1.82, 2.24) is 9.78 Å². The van der Waals surface area contributed by atoms with Crippen LogP contribution in [0.5, 0.6) is 0 Å². The number of carbonyl (C=O) groups excluding carboxylic acids is 3. The summed E-state index contributed by atoms with van der Waals surface area (Å²) < 4.78 is 44.7. The normalized spacial score (nSPS) is 11.6. The van der Waals surface area contributed by atoms with E-state index in [0.29, 0.717) is 16.0 Å². The van der Waals surface area contributed by atoms with Crippen LogP contribution in [0.2, 0.25) is 5.02 Å². The van der Waals surface area contributed by atoms with Crippen LogP contribution in [-0.4, -0.2) is 33.7 Å². The molecule has 0 aliphatic carbocycles. The van der Waals surface area contributed by atoms with E-state index in [0.717, 1.165) is 7.05 Å². The summed E-state index contributed by atoms with van der Waals surface area (Å²) in [6, 6.07) is 0. The number of primary amides is 1. The third-order valence-corrected chi connectivity index (χ3v) is 5.20. The van der Waals surface area contributed by atoms with Gasteiger partial charge in [-0.1, -0.05) is 11.6 Å². The van der Waals surface area contributed by atoms with E-state index in [-0.39, 0.29) is 21.0 Å². The van der Waals surface area contributed by atoms with Gasteiger partial charge in [-0.25, -0.2) is 4.79 Å². The standard InChI is InChI=1S/C16H16ClF3N4O4S/c1-5(2)28-15(27)7-6(3)10(12(21)25)29-14(7)22-13(26)9-8(17)11(16(18,19)20)24(4)23-9/h5H,1-4H3,(H2,21,25)(H,22,26). The molecule has 3 N–H and O–H groups in total. The summed E-state index contributed by atoms with van der Waals surface area (Å²) in [4.78, 5) is 36.5. The van der Waals surface area contributed by atoms with Crippen LogP contribution in [0.25, 0.3) is 0 Å². The molecule has 0 unspecified atom stereocenters. The fraction of sp³-hybridized carbons (Fsp3) is 0.375. The Balaban J connectivity index is 2.49. The number of carbonyl (C=O) groups is 3. The van der Waals surface area contributed by atoms with E-state index in [1.807, 2.05) is 0 Å². The average molecular weight is 453 g/mol. The van der Waals surface area contributed by atoms with Gasteiger partial charge in [0.05, 0.1) is 16.5 Å². The first kappa shape index (κ1) is 22.7. The van der Waals surface area contributed by atoms with Crippen LogP contribution in [0.15, 0.2) is 0 Å². The number of aromatic nitrogens is 2. The molecule has 0 saturated heterocycles. The number of esters is 1. The highest BCUT2D eigenvalue weighted by Crippen LogP contribution is 2.37. The number of halogens is 4. The highest BCUT2D eigenvalue weighted by atomic mass is 35.5. The number of ether oxygens (including phenoxy) is 1. The maximum atomic E-state index is 13.1. The Hall–Kier alpha value is -2.60. The van der Waals surface area contributed by atoms with Crippen LogP contribution >= 0.6 is 22.9 Å². The Bertz CT molecular complexity index is 997. The zero-order chi connectivity index (χ0) is 22.3. The molecule has 2 amide bonds. The van der Waals surface area contributed by atoms with Crippen molar-refractivity contribution < 1.29 is 32.3 Å². The van der Waals surface area contributed by atoms with Crippen molar-refractivity contribution in [2.45, 2.75) is 33.1 Å². The van der Waals surface area contributed by atoms with E-state index in [1.54, 1.807) is 13.8 Å². The number of anilines is 1. The molecule has 0 bridgehead atoms. The molecule has 0 aliphatic heterocycles. The molecule has 13 heteroatoms. The second-order valence-corrected chi connectivity index (χ2v) is 7.56. The summed E-state index contributed by atoms with van der Waals surface area (Å²) in [5.74, 6) is -2.78. The van der Waals surface area contributed by atoms with Crippen LogP contribution in [0.4, 0.5) is 18.2 Å². The summed E-state index contributed by atoms with van der Waals surface area (Å²) >= 11 is 6.39. The van der Waals surface area contributed by atoms with Crippen molar-refractivity contribution in [3.05, 3.63) is 32.4 Å². The molecule has 2 aromatic rings. The van der Waals surface area contributed by atoms with Gasteiger partial charge in [-0.2, -0.15) is 18.3 Å². The van der Waals surface area contributed by atoms with Gasteiger partial charge in [0.15, 0.2) is 11.4 Å². The van der Waals surface area contributed by atoms with Crippen molar-refractivity contribution >= 4 is 45.7 Å². The molecule has 0 aliphatic rings. The number of aryl methyl sites for hydroxylation is 1. The zero-order valence-electron chi connectivity index (χ0n) is 15.6. The Morgan fingerprint density at radius 3 is 2.34 bits per heavy atom. The minimum absolute atomic E-state index is 0.0147. The van der Waals surface area contributed by atoms with E-state index in [9.17, 15) is 27.6 Å². The second-order valence-electron chi connectivity index (χ2n) is 6.17. The van der Waals surface area contributed by atoms with Gasteiger partial charge < -0.3 is 15.8 Å². The van der Waals surface area contributed by atoms with Gasteiger partial charge in [-0.15, -0.1) is 11.3 Å². The fourth-order valence-electron chi connectivity index (χ4n) is 2.47. The molecule has 0 aromatic carbocycles. The maximum absolute atomic E-state index is 13.1. The minimum atomic E-state index is -4.83. The Morgan fingerprint density at radius 2 is 1.90 bits per heavy atom. The lowest BCUT2D eigenvalue weighted by atomic mass is 10.1. The average Bonchev–Trinajstić information content (AvgIpc) is 3.02. The van der Waals surface area contributed by atoms with Gasteiger partial charge in [0, 0.05) is 7.05 Å². The molecule has 2 aromatic heterocycles. The molecule has 0 saturated carbocycles. The van der Waals surface area contributed by atoms with Gasteiger partial charge in [-0.05, 0) is 26.3 Å². The quantitative estimate of drug-likeness (QED) is 0.674. The molecule has 0 radical (unpaired) electrons. The lowest BCUT2D eigenvalue weighted by Crippen LogP contribution is -2.18. The van der Waals surface area contributed by atoms with Crippen molar-refractivity contribution in [2.75, 3.05) is 5.32 Å². The van der Waals surface area contributed by atoms with Gasteiger partial charge >= 0.3 is 12.1 Å². The number of rotatable bonds is 5. The first-order chi connectivity index (χ1) is 13.3. The third-order valence-electron chi connectivity index (χ3n) is 3.62. The predicted octanol–water partition coefficient (Wildman–Crippen LogP) is 3.38. The van der Waals surface area contributed by atoms with E-state index < -0.39 is 46.5 Å². The first-order valence-electron chi connectivity index (χ1n) is 8.00. The number of alkyl halides is 3. The number of thiophene rings is 1. The molecule has 2 heterocycles. The second kappa shape index (κ2) is 8.03. The van der Waals surface area contributed by atoms with Crippen LogP contribution in [-0.2, 0) is 18.0 Å². The molecule has 0 atom stereocenters. The van der Waals surface area contributed by atoms with Crippen molar-refractivity contribution in [1.29, 1.82) is 0 Å². The maximum Gasteiger partial charge on any atom is 0.434 e. The Kier molecular flexibility index (Phi) is 6.28. The van der Waals surface area contributed by atoms with E-state index in [1.165, 1.54) is 6.92 Å². The molecule has 29 heavy (non-hydrogen) atoms. The smallest absolute Gasteiger partial charge is 0.434 e. The number of hydrogen-bond donors (Lipinski definition) is 2. The molecule has 8 nitrogen and oxygen atoms in total. The third kappa shape index (κ3) is 4.53. The highest BCUT2D eigenvalue weighted by molar-refractivity contribution is 7.18. The van der Waals surface area contributed by atoms with E-state index >= 15 is 0 Å². The lowest BCUT2D eigenvalue weighted by Gasteiger charge is -2.10. The molecule has 2 rings (SSSR count). The van der Waals surface area contributed by atoms with Gasteiger partial charge in [-0.3, -0.25) is 14.3 Å². The van der Waals surface area contributed by atoms with E-state index in [2.05, 4.69) is 10.4 Å². The van der Waals surface area contributed by atoms with Crippen molar-refractivity contribution in [3.8, 4) is 0 Å². The van der Waals surface area contributed by atoms with Crippen LogP contribution in [0, 0.1) is 6.92 Å². The summed E-state index contributed by atoms with van der Waals surface area (Å²) in [5, 5.41) is 4.76. The number of nitrogens with two attached hydrogens (primary N) is 1. The van der Waals surface area contributed by atoms with Gasteiger partial charge in [0.25, 0.3) is 11.8 Å². The van der Waals surface area contributed by atoms with E-state index in [4.69, 9.17) is 22.1 Å². The Morgan fingerprint density at radius 1 is 1.31 bits per heavy atom. The lowest BCUT2D eigenvalue weighted by molar-refractivity contribution is -0.143. The summed E-state index contributed by atoms with van der Waals surface area (Å²) in [5.41, 5.74) is 3.32. The van der Waals surface area contributed by atoms with Gasteiger partial charge in [0.1, 0.15) is 10.0 Å². The summed E-state index contributed by atoms with van der Waals surface area (Å²) in [6.45, 7) is 4.62. The minimum Gasteiger partial charge on any atom is -0.459 e. The first-order valence-corrected chi connectivity index (χ1v) is 9.20. The molecule has 158 valence electrons. The highest BCUT2D eigenvalue weighted by Gasteiger charge is 2.40. The molecular weight excluding hydrogens is 437 g/mol. The monoisotopic (exact) mass is 452 g/mol. The largest absolute Gasteiger partial charge is 0.459 e. The number of hydrogen-bond acceptors (Lipinski definition) is 6. The molecular formula is C16H16ClF3N4O4S. The molecule has 0 fully saturated rings. The number of amides is 2. The van der Waals surface area contributed by atoms with Crippen LogP contribution in [0.3, 0.4) is 0 Å². The summed E-state index contributed by atoms with van der Waals surface area (Å²) in [6.07, 6.45) is -5.33.